The van der Waals surface area contributed by atoms with Crippen molar-refractivity contribution < 1.29 is 9.90 Å². The molecule has 1 fully saturated rings. The summed E-state index contributed by atoms with van der Waals surface area (Å²) < 4.78 is 0.738. The van der Waals surface area contributed by atoms with Crippen molar-refractivity contribution in [2.45, 2.75) is 38.3 Å². The Kier molecular flexibility index (Phi) is 5.05. The zero-order valence-electron chi connectivity index (χ0n) is 13.0. The Morgan fingerprint density at radius 1 is 1.30 bits per heavy atom. The van der Waals surface area contributed by atoms with Crippen LogP contribution in [0.15, 0.2) is 36.4 Å². The van der Waals surface area contributed by atoms with E-state index in [-0.39, 0.29) is 6.04 Å². The Hall–Kier alpha value is -1.36. The second-order valence-electron chi connectivity index (χ2n) is 5.99. The van der Waals surface area contributed by atoms with E-state index in [1.165, 1.54) is 22.5 Å². The van der Waals surface area contributed by atoms with Crippen LogP contribution in [-0.2, 0) is 4.79 Å². The van der Waals surface area contributed by atoms with Gasteiger partial charge in [-0.2, -0.15) is 0 Å². The number of rotatable bonds is 4. The van der Waals surface area contributed by atoms with Crippen molar-refractivity contribution in [2.75, 3.05) is 6.54 Å². The summed E-state index contributed by atoms with van der Waals surface area (Å²) in [5, 5.41) is 9.66. The summed E-state index contributed by atoms with van der Waals surface area (Å²) in [4.78, 5) is 15.0. The fraction of sp³-hybridized carbons (Fsp3) is 0.389. The van der Waals surface area contributed by atoms with Crippen LogP contribution in [0.3, 0.4) is 0 Å². The fourth-order valence-corrected chi connectivity index (χ4v) is 4.59. The monoisotopic (exact) mass is 349 g/mol. The Morgan fingerprint density at radius 2 is 2.09 bits per heavy atom. The first-order valence-corrected chi connectivity index (χ1v) is 9.06. The van der Waals surface area contributed by atoms with Crippen molar-refractivity contribution in [3.63, 3.8) is 0 Å². The van der Waals surface area contributed by atoms with Gasteiger partial charge in [-0.1, -0.05) is 42.3 Å². The number of nitrogens with zero attached hydrogens (tertiary/aromatic N) is 1. The highest BCUT2D eigenvalue weighted by Crippen LogP contribution is 2.39. The zero-order chi connectivity index (χ0) is 16.4. The second kappa shape index (κ2) is 7.04. The molecule has 122 valence electrons. The molecule has 0 radical (unpaired) electrons. The molecular formula is C18H20ClNO2S. The average Bonchev–Trinajstić information content (AvgIpc) is 2.96. The summed E-state index contributed by atoms with van der Waals surface area (Å²) >= 11 is 7.69. The Bertz CT molecular complexity index is 700. The van der Waals surface area contributed by atoms with E-state index in [1.807, 2.05) is 24.3 Å². The minimum absolute atomic E-state index is 0.0462. The van der Waals surface area contributed by atoms with Gasteiger partial charge in [-0.3, -0.25) is 9.69 Å². The molecule has 0 amide bonds. The minimum Gasteiger partial charge on any atom is -0.480 e. The standard InChI is InChI=1S/C18H20ClNO2S/c1-12-6-2-3-7-13(12)17(15-9-10-16(19)23-15)20-11-5-4-8-14(20)18(21)22/h2-3,6-7,9-10,14,17H,4-5,8,11H2,1H3,(H,21,22). The number of hydrogen-bond donors (Lipinski definition) is 1. The SMILES string of the molecule is Cc1ccccc1C(c1ccc(Cl)s1)N1CCCCC1C(=O)O. The van der Waals surface area contributed by atoms with Crippen LogP contribution in [0.5, 0.6) is 0 Å². The highest BCUT2D eigenvalue weighted by atomic mass is 35.5. The van der Waals surface area contributed by atoms with Gasteiger partial charge in [-0.05, 0) is 49.6 Å². The number of piperidine rings is 1. The number of aliphatic carboxylic acids is 1. The molecule has 1 N–H and O–H groups in total. The van der Waals surface area contributed by atoms with Crippen molar-refractivity contribution in [2.24, 2.45) is 0 Å². The summed E-state index contributed by atoms with van der Waals surface area (Å²) in [5.74, 6) is -0.731. The lowest BCUT2D eigenvalue weighted by atomic mass is 9.93. The molecule has 1 aromatic carbocycles. The predicted molar refractivity (Wildman–Crippen MR) is 94.3 cm³/mol. The van der Waals surface area contributed by atoms with Crippen LogP contribution in [0, 0.1) is 6.92 Å². The first kappa shape index (κ1) is 16.5. The Balaban J connectivity index is 2.08. The number of carbonyl (C=O) groups is 1. The molecule has 2 heterocycles. The number of carboxylic acid groups (broad SMARTS) is 1. The van der Waals surface area contributed by atoms with Crippen LogP contribution in [0.1, 0.15) is 41.3 Å². The number of halogens is 1. The summed E-state index contributed by atoms with van der Waals surface area (Å²) in [7, 11) is 0. The topological polar surface area (TPSA) is 40.5 Å². The normalized spacial score (nSPS) is 20.3. The number of hydrogen-bond acceptors (Lipinski definition) is 3. The quantitative estimate of drug-likeness (QED) is 0.866. The van der Waals surface area contributed by atoms with Crippen LogP contribution >= 0.6 is 22.9 Å². The van der Waals surface area contributed by atoms with Gasteiger partial charge in [0.15, 0.2) is 0 Å². The molecule has 2 atom stereocenters. The van der Waals surface area contributed by atoms with E-state index in [0.29, 0.717) is 6.42 Å². The van der Waals surface area contributed by atoms with E-state index in [2.05, 4.69) is 24.0 Å². The van der Waals surface area contributed by atoms with Gasteiger partial charge in [0.2, 0.25) is 0 Å². The molecular weight excluding hydrogens is 330 g/mol. The van der Waals surface area contributed by atoms with E-state index in [1.54, 1.807) is 0 Å². The van der Waals surface area contributed by atoms with Crippen molar-refractivity contribution in [3.8, 4) is 0 Å². The maximum atomic E-state index is 11.8. The molecule has 1 aliphatic rings. The molecule has 1 aliphatic heterocycles. The van der Waals surface area contributed by atoms with E-state index in [0.717, 1.165) is 28.6 Å². The lowest BCUT2D eigenvalue weighted by molar-refractivity contribution is -0.145. The van der Waals surface area contributed by atoms with Gasteiger partial charge in [0, 0.05) is 4.88 Å². The molecule has 0 saturated carbocycles. The molecule has 3 nitrogen and oxygen atoms in total. The van der Waals surface area contributed by atoms with Gasteiger partial charge in [-0.15, -0.1) is 11.3 Å². The van der Waals surface area contributed by atoms with Gasteiger partial charge in [0.1, 0.15) is 6.04 Å². The summed E-state index contributed by atoms with van der Waals surface area (Å²) in [6.07, 6.45) is 2.71. The lowest BCUT2D eigenvalue weighted by Crippen LogP contribution is -2.46. The summed E-state index contributed by atoms with van der Waals surface area (Å²) in [6, 6.07) is 11.7. The number of carboxylic acids is 1. The number of aryl methyl sites for hydroxylation is 1. The molecule has 2 unspecified atom stereocenters. The van der Waals surface area contributed by atoms with Crippen molar-refractivity contribution in [3.05, 3.63) is 56.7 Å². The molecule has 0 aliphatic carbocycles. The largest absolute Gasteiger partial charge is 0.480 e. The first-order valence-electron chi connectivity index (χ1n) is 7.87. The minimum atomic E-state index is -0.731. The maximum Gasteiger partial charge on any atom is 0.320 e. The van der Waals surface area contributed by atoms with E-state index < -0.39 is 12.0 Å². The number of thiophene rings is 1. The predicted octanol–water partition coefficient (Wildman–Crippen LogP) is 4.74. The smallest absolute Gasteiger partial charge is 0.320 e. The summed E-state index contributed by atoms with van der Waals surface area (Å²) in [6.45, 7) is 2.88. The molecule has 3 rings (SSSR count). The van der Waals surface area contributed by atoms with E-state index in [4.69, 9.17) is 11.6 Å². The molecule has 0 bridgehead atoms. The highest BCUT2D eigenvalue weighted by molar-refractivity contribution is 7.16. The first-order chi connectivity index (χ1) is 11.1. The van der Waals surface area contributed by atoms with Gasteiger partial charge >= 0.3 is 5.97 Å². The molecule has 0 spiro atoms. The Morgan fingerprint density at radius 3 is 2.74 bits per heavy atom. The van der Waals surface area contributed by atoms with Crippen LogP contribution in [0.4, 0.5) is 0 Å². The molecule has 23 heavy (non-hydrogen) atoms. The third kappa shape index (κ3) is 3.44. The second-order valence-corrected chi connectivity index (χ2v) is 7.74. The fourth-order valence-electron chi connectivity index (χ4n) is 3.39. The molecule has 2 aromatic rings. The van der Waals surface area contributed by atoms with Crippen LogP contribution in [0.2, 0.25) is 4.34 Å². The maximum absolute atomic E-state index is 11.8. The van der Waals surface area contributed by atoms with Crippen molar-refractivity contribution >= 4 is 28.9 Å². The van der Waals surface area contributed by atoms with Crippen LogP contribution in [-0.4, -0.2) is 28.6 Å². The van der Waals surface area contributed by atoms with Gasteiger partial charge in [-0.25, -0.2) is 0 Å². The average molecular weight is 350 g/mol. The lowest BCUT2D eigenvalue weighted by Gasteiger charge is -2.39. The van der Waals surface area contributed by atoms with Gasteiger partial charge in [0.05, 0.1) is 10.4 Å². The third-order valence-corrected chi connectivity index (χ3v) is 5.79. The third-order valence-electron chi connectivity index (χ3n) is 4.51. The molecule has 5 heteroatoms. The van der Waals surface area contributed by atoms with Gasteiger partial charge in [0.25, 0.3) is 0 Å². The van der Waals surface area contributed by atoms with Crippen LogP contribution in [0.25, 0.3) is 0 Å². The number of likely N-dealkylation sites (tertiary alicyclic amines) is 1. The highest BCUT2D eigenvalue weighted by Gasteiger charge is 2.36. The van der Waals surface area contributed by atoms with Crippen molar-refractivity contribution in [1.82, 2.24) is 4.90 Å². The van der Waals surface area contributed by atoms with E-state index in [9.17, 15) is 9.90 Å². The van der Waals surface area contributed by atoms with Crippen LogP contribution < -0.4 is 0 Å². The zero-order valence-corrected chi connectivity index (χ0v) is 14.6. The molecule has 1 saturated heterocycles. The Labute approximate surface area is 145 Å². The van der Waals surface area contributed by atoms with E-state index >= 15 is 0 Å². The molecule has 1 aromatic heterocycles. The number of benzene rings is 1. The van der Waals surface area contributed by atoms with Gasteiger partial charge < -0.3 is 5.11 Å². The summed E-state index contributed by atoms with van der Waals surface area (Å²) in [5.41, 5.74) is 2.34. The van der Waals surface area contributed by atoms with Crippen molar-refractivity contribution in [1.29, 1.82) is 0 Å².